The molecule has 0 aromatic heterocycles. The van der Waals surface area contributed by atoms with Crippen molar-refractivity contribution in [1.82, 2.24) is 5.32 Å². The van der Waals surface area contributed by atoms with Crippen molar-refractivity contribution in [3.05, 3.63) is 29.8 Å². The number of carbonyl (C=O) groups is 1. The van der Waals surface area contributed by atoms with Crippen LogP contribution in [0.5, 0.6) is 5.75 Å². The zero-order valence-electron chi connectivity index (χ0n) is 9.69. The fourth-order valence-electron chi connectivity index (χ4n) is 2.04. The van der Waals surface area contributed by atoms with Gasteiger partial charge in [0, 0.05) is 11.6 Å². The van der Waals surface area contributed by atoms with Crippen molar-refractivity contribution in [2.45, 2.75) is 25.3 Å². The number of hydrogen-bond donors (Lipinski definition) is 2. The lowest BCUT2D eigenvalue weighted by molar-refractivity contribution is -0.136. The van der Waals surface area contributed by atoms with Crippen molar-refractivity contribution < 1.29 is 14.6 Å². The Labute approximate surface area is 101 Å². The van der Waals surface area contributed by atoms with E-state index >= 15 is 0 Å². The van der Waals surface area contributed by atoms with Gasteiger partial charge in [-0.15, -0.1) is 0 Å². The summed E-state index contributed by atoms with van der Waals surface area (Å²) in [7, 11) is 0. The summed E-state index contributed by atoms with van der Waals surface area (Å²) in [5.41, 5.74) is 0.734. The zero-order chi connectivity index (χ0) is 12.1. The van der Waals surface area contributed by atoms with E-state index in [-0.39, 0.29) is 6.42 Å². The summed E-state index contributed by atoms with van der Waals surface area (Å²) in [6.07, 6.45) is 2.32. The Kier molecular flexibility index (Phi) is 3.98. The van der Waals surface area contributed by atoms with E-state index in [9.17, 15) is 4.79 Å². The van der Waals surface area contributed by atoms with Crippen LogP contribution in [0.3, 0.4) is 0 Å². The van der Waals surface area contributed by atoms with Crippen molar-refractivity contribution in [2.75, 3.05) is 13.2 Å². The minimum absolute atomic E-state index is 0.00820. The summed E-state index contributed by atoms with van der Waals surface area (Å²) < 4.78 is 5.70. The van der Waals surface area contributed by atoms with Crippen molar-refractivity contribution in [1.29, 1.82) is 0 Å². The molecule has 0 aliphatic carbocycles. The zero-order valence-corrected chi connectivity index (χ0v) is 9.69. The molecular formula is C13H17NO3. The first kappa shape index (κ1) is 11.9. The van der Waals surface area contributed by atoms with E-state index in [4.69, 9.17) is 9.84 Å². The molecule has 1 fully saturated rings. The number of rotatable bonds is 5. The van der Waals surface area contributed by atoms with Gasteiger partial charge in [-0.2, -0.15) is 0 Å². The highest BCUT2D eigenvalue weighted by Gasteiger charge is 2.15. The maximum Gasteiger partial charge on any atom is 0.307 e. The highest BCUT2D eigenvalue weighted by molar-refractivity contribution is 5.71. The first-order chi connectivity index (χ1) is 8.25. The third-order valence-corrected chi connectivity index (χ3v) is 2.92. The van der Waals surface area contributed by atoms with Crippen molar-refractivity contribution in [3.63, 3.8) is 0 Å². The van der Waals surface area contributed by atoms with Crippen LogP contribution in [-0.2, 0) is 11.2 Å². The van der Waals surface area contributed by atoms with E-state index in [1.165, 1.54) is 6.42 Å². The van der Waals surface area contributed by atoms with Crippen LogP contribution in [0.2, 0.25) is 0 Å². The van der Waals surface area contributed by atoms with Crippen molar-refractivity contribution in [2.24, 2.45) is 0 Å². The van der Waals surface area contributed by atoms with E-state index in [2.05, 4.69) is 5.32 Å². The highest BCUT2D eigenvalue weighted by atomic mass is 16.5. The van der Waals surface area contributed by atoms with Crippen molar-refractivity contribution >= 4 is 5.97 Å². The normalized spacial score (nSPS) is 19.2. The second-order valence-corrected chi connectivity index (χ2v) is 4.28. The van der Waals surface area contributed by atoms with Crippen LogP contribution in [0.15, 0.2) is 24.3 Å². The summed E-state index contributed by atoms with van der Waals surface area (Å²) in [4.78, 5) is 10.7. The Morgan fingerprint density at radius 2 is 2.29 bits per heavy atom. The molecule has 0 amide bonds. The van der Waals surface area contributed by atoms with Crippen LogP contribution in [-0.4, -0.2) is 30.3 Å². The van der Waals surface area contributed by atoms with E-state index in [1.807, 2.05) is 18.2 Å². The first-order valence-corrected chi connectivity index (χ1v) is 5.91. The molecule has 1 heterocycles. The second kappa shape index (κ2) is 5.68. The van der Waals surface area contributed by atoms with E-state index in [1.54, 1.807) is 6.07 Å². The van der Waals surface area contributed by atoms with Crippen LogP contribution < -0.4 is 10.1 Å². The average molecular weight is 235 g/mol. The molecule has 92 valence electrons. The molecule has 2 rings (SSSR count). The number of nitrogens with one attached hydrogen (secondary N) is 1. The van der Waals surface area contributed by atoms with E-state index in [0.717, 1.165) is 18.5 Å². The van der Waals surface area contributed by atoms with Crippen LogP contribution >= 0.6 is 0 Å². The van der Waals surface area contributed by atoms with Crippen LogP contribution in [0.4, 0.5) is 0 Å². The number of aliphatic carboxylic acids is 1. The van der Waals surface area contributed by atoms with Gasteiger partial charge in [-0.05, 0) is 25.5 Å². The number of benzene rings is 1. The lowest BCUT2D eigenvalue weighted by atomic mass is 10.1. The molecule has 0 spiro atoms. The molecule has 1 aliphatic rings. The third kappa shape index (κ3) is 3.46. The molecule has 1 aromatic rings. The number of para-hydroxylation sites is 1. The fourth-order valence-corrected chi connectivity index (χ4v) is 2.04. The Hall–Kier alpha value is -1.55. The molecule has 0 bridgehead atoms. The Morgan fingerprint density at radius 1 is 1.47 bits per heavy atom. The molecule has 1 unspecified atom stereocenters. The molecule has 1 atom stereocenters. The molecule has 1 aromatic carbocycles. The topological polar surface area (TPSA) is 58.6 Å². The second-order valence-electron chi connectivity index (χ2n) is 4.28. The largest absolute Gasteiger partial charge is 0.492 e. The highest BCUT2D eigenvalue weighted by Crippen LogP contribution is 2.19. The van der Waals surface area contributed by atoms with Crippen LogP contribution in [0.1, 0.15) is 18.4 Å². The average Bonchev–Trinajstić information content (AvgIpc) is 2.80. The quantitative estimate of drug-likeness (QED) is 0.811. The number of carboxylic acids is 1. The van der Waals surface area contributed by atoms with Gasteiger partial charge in [-0.25, -0.2) is 0 Å². The summed E-state index contributed by atoms with van der Waals surface area (Å²) >= 11 is 0. The predicted molar refractivity (Wildman–Crippen MR) is 64.3 cm³/mol. The first-order valence-electron chi connectivity index (χ1n) is 5.91. The molecule has 0 radical (unpaired) electrons. The Bertz CT molecular complexity index is 386. The molecule has 4 nitrogen and oxygen atoms in total. The van der Waals surface area contributed by atoms with Gasteiger partial charge in [-0.1, -0.05) is 18.2 Å². The molecule has 4 heteroatoms. The summed E-state index contributed by atoms with van der Waals surface area (Å²) in [6.45, 7) is 1.65. The van der Waals surface area contributed by atoms with Crippen LogP contribution in [0, 0.1) is 0 Å². The minimum Gasteiger partial charge on any atom is -0.492 e. The standard InChI is InChI=1S/C13H17NO3/c15-13(16)8-10-4-1-2-6-12(10)17-9-11-5-3-7-14-11/h1-2,4,6,11,14H,3,5,7-9H2,(H,15,16). The lowest BCUT2D eigenvalue weighted by Gasteiger charge is -2.14. The summed E-state index contributed by atoms with van der Waals surface area (Å²) in [5.74, 6) is -0.149. The van der Waals surface area contributed by atoms with Gasteiger partial charge in [0.1, 0.15) is 12.4 Å². The Balaban J connectivity index is 1.96. The summed E-state index contributed by atoms with van der Waals surface area (Å²) in [5, 5.41) is 12.1. The molecule has 17 heavy (non-hydrogen) atoms. The Morgan fingerprint density at radius 3 is 3.00 bits per heavy atom. The monoisotopic (exact) mass is 235 g/mol. The van der Waals surface area contributed by atoms with Gasteiger partial charge in [0.25, 0.3) is 0 Å². The maximum absolute atomic E-state index is 10.7. The fraction of sp³-hybridized carbons (Fsp3) is 0.462. The smallest absolute Gasteiger partial charge is 0.307 e. The predicted octanol–water partition coefficient (Wildman–Crippen LogP) is 1.44. The van der Waals surface area contributed by atoms with E-state index < -0.39 is 5.97 Å². The van der Waals surface area contributed by atoms with Gasteiger partial charge < -0.3 is 15.2 Å². The van der Waals surface area contributed by atoms with Crippen LogP contribution in [0.25, 0.3) is 0 Å². The van der Waals surface area contributed by atoms with Gasteiger partial charge in [0.15, 0.2) is 0 Å². The molecule has 1 aliphatic heterocycles. The molecule has 0 saturated carbocycles. The van der Waals surface area contributed by atoms with Gasteiger partial charge >= 0.3 is 5.97 Å². The molecule has 2 N–H and O–H groups in total. The minimum atomic E-state index is -0.833. The maximum atomic E-state index is 10.7. The number of hydrogen-bond acceptors (Lipinski definition) is 3. The third-order valence-electron chi connectivity index (χ3n) is 2.92. The SMILES string of the molecule is O=C(O)Cc1ccccc1OCC1CCCN1. The van der Waals surface area contributed by atoms with Gasteiger partial charge in [-0.3, -0.25) is 4.79 Å². The van der Waals surface area contributed by atoms with Gasteiger partial charge in [0.2, 0.25) is 0 Å². The molecule has 1 saturated heterocycles. The van der Waals surface area contributed by atoms with Crippen molar-refractivity contribution in [3.8, 4) is 5.75 Å². The summed E-state index contributed by atoms with van der Waals surface area (Å²) in [6, 6.07) is 7.72. The lowest BCUT2D eigenvalue weighted by Crippen LogP contribution is -2.28. The van der Waals surface area contributed by atoms with E-state index in [0.29, 0.717) is 18.4 Å². The number of carboxylic acid groups (broad SMARTS) is 1. The molecular weight excluding hydrogens is 218 g/mol. The van der Waals surface area contributed by atoms with Gasteiger partial charge in [0.05, 0.1) is 6.42 Å². The number of ether oxygens (including phenoxy) is 1.